The molecule has 0 aliphatic rings. The van der Waals surface area contributed by atoms with Crippen LogP contribution in [0.3, 0.4) is 0 Å². The van der Waals surface area contributed by atoms with Gasteiger partial charge < -0.3 is 4.74 Å². The van der Waals surface area contributed by atoms with Crippen molar-refractivity contribution in [3.63, 3.8) is 0 Å². The second kappa shape index (κ2) is 5.24. The summed E-state index contributed by atoms with van der Waals surface area (Å²) in [6.07, 6.45) is 0. The van der Waals surface area contributed by atoms with Crippen molar-refractivity contribution >= 4 is 52.2 Å². The van der Waals surface area contributed by atoms with Crippen LogP contribution in [0.5, 0.6) is 0 Å². The number of hydrogen-bond donors (Lipinski definition) is 0. The van der Waals surface area contributed by atoms with Gasteiger partial charge in [0.2, 0.25) is 0 Å². The highest BCUT2D eigenvalue weighted by molar-refractivity contribution is 7.78. The first-order valence-corrected chi connectivity index (χ1v) is 4.91. The van der Waals surface area contributed by atoms with Gasteiger partial charge in [0.05, 0.1) is 33.6 Å². The number of benzene rings is 1. The Morgan fingerprint density at radius 1 is 1.47 bits per heavy atom. The molecule has 0 saturated carbocycles. The molecule has 0 aliphatic carbocycles. The number of esters is 1. The number of isothiocyanates is 1. The van der Waals surface area contributed by atoms with Crippen LogP contribution in [0.25, 0.3) is 0 Å². The zero-order chi connectivity index (χ0) is 11.4. The molecule has 0 unspecified atom stereocenters. The summed E-state index contributed by atoms with van der Waals surface area (Å²) in [7, 11) is 1.25. The van der Waals surface area contributed by atoms with Crippen LogP contribution in [0.1, 0.15) is 10.4 Å². The minimum Gasteiger partial charge on any atom is -0.465 e. The number of ether oxygens (including phenoxy) is 1. The van der Waals surface area contributed by atoms with E-state index in [1.165, 1.54) is 19.2 Å². The van der Waals surface area contributed by atoms with Gasteiger partial charge in [-0.25, -0.2) is 4.79 Å². The van der Waals surface area contributed by atoms with Gasteiger partial charge in [0.1, 0.15) is 0 Å². The Hall–Kier alpha value is -0.930. The Kier molecular flexibility index (Phi) is 4.24. The van der Waals surface area contributed by atoms with Gasteiger partial charge in [-0.2, -0.15) is 4.99 Å². The summed E-state index contributed by atoms with van der Waals surface area (Å²) >= 11 is 16.1. The molecule has 1 rings (SSSR count). The molecule has 0 amide bonds. The van der Waals surface area contributed by atoms with Crippen molar-refractivity contribution in [3.8, 4) is 0 Å². The number of halogens is 2. The smallest absolute Gasteiger partial charge is 0.340 e. The van der Waals surface area contributed by atoms with E-state index in [0.29, 0.717) is 5.69 Å². The van der Waals surface area contributed by atoms with Crippen molar-refractivity contribution in [1.82, 2.24) is 0 Å². The SMILES string of the molecule is COC(=O)c1c(Cl)cc(N=C=S)cc1Cl. The van der Waals surface area contributed by atoms with Gasteiger partial charge in [-0.15, -0.1) is 0 Å². The fourth-order valence-corrected chi connectivity index (χ4v) is 1.71. The number of thiocarbonyl (C=S) groups is 1. The van der Waals surface area contributed by atoms with E-state index in [0.717, 1.165) is 0 Å². The Labute approximate surface area is 102 Å². The van der Waals surface area contributed by atoms with E-state index in [9.17, 15) is 4.79 Å². The van der Waals surface area contributed by atoms with Crippen molar-refractivity contribution < 1.29 is 9.53 Å². The highest BCUT2D eigenvalue weighted by Crippen LogP contribution is 2.30. The van der Waals surface area contributed by atoms with E-state index in [1.807, 2.05) is 0 Å². The molecule has 0 aromatic heterocycles. The monoisotopic (exact) mass is 261 g/mol. The van der Waals surface area contributed by atoms with Gasteiger partial charge in [-0.05, 0) is 24.4 Å². The molecule has 3 nitrogen and oxygen atoms in total. The minimum absolute atomic E-state index is 0.115. The molecule has 0 atom stereocenters. The van der Waals surface area contributed by atoms with Gasteiger partial charge >= 0.3 is 5.97 Å². The number of carbonyl (C=O) groups excluding carboxylic acids is 1. The number of hydrogen-bond acceptors (Lipinski definition) is 4. The summed E-state index contributed by atoms with van der Waals surface area (Å²) in [5, 5.41) is 2.51. The van der Waals surface area contributed by atoms with Crippen LogP contribution in [-0.2, 0) is 4.74 Å². The third-order valence-corrected chi connectivity index (χ3v) is 2.28. The average molecular weight is 262 g/mol. The van der Waals surface area contributed by atoms with Gasteiger partial charge in [-0.1, -0.05) is 23.2 Å². The van der Waals surface area contributed by atoms with Gasteiger partial charge in [0.25, 0.3) is 0 Å². The van der Waals surface area contributed by atoms with Crippen LogP contribution in [0, 0.1) is 0 Å². The zero-order valence-electron chi connectivity index (χ0n) is 7.58. The van der Waals surface area contributed by atoms with Crippen LogP contribution in [0.4, 0.5) is 5.69 Å². The number of methoxy groups -OCH3 is 1. The topological polar surface area (TPSA) is 38.7 Å². The third-order valence-electron chi connectivity index (χ3n) is 1.59. The van der Waals surface area contributed by atoms with Crippen molar-refractivity contribution in [2.45, 2.75) is 0 Å². The first kappa shape index (κ1) is 12.1. The van der Waals surface area contributed by atoms with E-state index >= 15 is 0 Å². The first-order chi connectivity index (χ1) is 7.10. The van der Waals surface area contributed by atoms with Crippen LogP contribution < -0.4 is 0 Å². The molecule has 78 valence electrons. The van der Waals surface area contributed by atoms with E-state index in [4.69, 9.17) is 23.2 Å². The number of carbonyl (C=O) groups is 1. The van der Waals surface area contributed by atoms with E-state index < -0.39 is 5.97 Å². The quantitative estimate of drug-likeness (QED) is 0.465. The molecule has 0 aliphatic heterocycles. The average Bonchev–Trinajstić information content (AvgIpc) is 2.16. The maximum atomic E-state index is 11.3. The number of aliphatic imine (C=N–C) groups is 1. The molecule has 1 aromatic carbocycles. The highest BCUT2D eigenvalue weighted by atomic mass is 35.5. The highest BCUT2D eigenvalue weighted by Gasteiger charge is 2.16. The number of nitrogens with zero attached hydrogens (tertiary/aromatic N) is 1. The molecule has 0 radical (unpaired) electrons. The van der Waals surface area contributed by atoms with E-state index in [2.05, 4.69) is 27.1 Å². The maximum Gasteiger partial charge on any atom is 0.340 e. The lowest BCUT2D eigenvalue weighted by Gasteiger charge is -2.05. The molecule has 0 saturated heterocycles. The summed E-state index contributed by atoms with van der Waals surface area (Å²) < 4.78 is 4.52. The summed E-state index contributed by atoms with van der Waals surface area (Å²) in [6, 6.07) is 2.91. The largest absolute Gasteiger partial charge is 0.465 e. The van der Waals surface area contributed by atoms with Crippen LogP contribution in [-0.4, -0.2) is 18.2 Å². The molecule has 1 aromatic rings. The van der Waals surface area contributed by atoms with Crippen LogP contribution >= 0.6 is 35.4 Å². The fraction of sp³-hybridized carbons (Fsp3) is 0.111. The first-order valence-electron chi connectivity index (χ1n) is 3.75. The molecule has 0 bridgehead atoms. The Morgan fingerprint density at radius 3 is 2.40 bits per heavy atom. The Bertz CT molecular complexity index is 432. The molecule has 0 N–H and O–H groups in total. The molecule has 15 heavy (non-hydrogen) atoms. The maximum absolute atomic E-state index is 11.3. The molecule has 0 heterocycles. The fourth-order valence-electron chi connectivity index (χ4n) is 0.974. The molecule has 0 fully saturated rings. The second-order valence-electron chi connectivity index (χ2n) is 2.48. The minimum atomic E-state index is -0.595. The van der Waals surface area contributed by atoms with E-state index in [1.54, 1.807) is 0 Å². The molecular weight excluding hydrogens is 257 g/mol. The second-order valence-corrected chi connectivity index (χ2v) is 3.48. The lowest BCUT2D eigenvalue weighted by atomic mass is 10.2. The zero-order valence-corrected chi connectivity index (χ0v) is 9.91. The summed E-state index contributed by atoms with van der Waals surface area (Å²) in [6.45, 7) is 0. The van der Waals surface area contributed by atoms with Crippen LogP contribution in [0.2, 0.25) is 10.0 Å². The predicted molar refractivity (Wildman–Crippen MR) is 62.5 cm³/mol. The lowest BCUT2D eigenvalue weighted by Crippen LogP contribution is -2.02. The van der Waals surface area contributed by atoms with Crippen molar-refractivity contribution in [3.05, 3.63) is 27.7 Å². The Morgan fingerprint density at radius 2 is 2.00 bits per heavy atom. The summed E-state index contributed by atoms with van der Waals surface area (Å²) in [5.74, 6) is -0.595. The lowest BCUT2D eigenvalue weighted by molar-refractivity contribution is 0.0601. The molecule has 6 heteroatoms. The van der Waals surface area contributed by atoms with Crippen molar-refractivity contribution in [1.29, 1.82) is 0 Å². The predicted octanol–water partition coefficient (Wildman–Crippen LogP) is 3.51. The summed E-state index contributed by atoms with van der Waals surface area (Å²) in [4.78, 5) is 15.0. The molecule has 0 spiro atoms. The van der Waals surface area contributed by atoms with Gasteiger partial charge in [-0.3, -0.25) is 0 Å². The standard InChI is InChI=1S/C9H5Cl2NO2S/c1-14-9(13)8-6(10)2-5(12-4-15)3-7(8)11/h2-3H,1H3. The Balaban J connectivity index is 3.33. The van der Waals surface area contributed by atoms with Gasteiger partial charge in [0, 0.05) is 0 Å². The number of rotatable bonds is 2. The van der Waals surface area contributed by atoms with Crippen LogP contribution in [0.15, 0.2) is 17.1 Å². The van der Waals surface area contributed by atoms with E-state index in [-0.39, 0.29) is 15.6 Å². The summed E-state index contributed by atoms with van der Waals surface area (Å²) in [5.41, 5.74) is 0.553. The third kappa shape index (κ3) is 2.76. The molecular formula is C9H5Cl2NO2S. The van der Waals surface area contributed by atoms with Gasteiger partial charge in [0.15, 0.2) is 0 Å². The van der Waals surface area contributed by atoms with Crippen molar-refractivity contribution in [2.75, 3.05) is 7.11 Å². The van der Waals surface area contributed by atoms with Crippen molar-refractivity contribution in [2.24, 2.45) is 4.99 Å². The normalized spacial score (nSPS) is 9.27.